The van der Waals surface area contributed by atoms with Gasteiger partial charge in [0, 0.05) is 24.8 Å². The van der Waals surface area contributed by atoms with Gasteiger partial charge in [-0.25, -0.2) is 13.8 Å². The maximum absolute atomic E-state index is 14.4. The number of aryl methyl sites for hydroxylation is 2. The van der Waals surface area contributed by atoms with E-state index in [1.54, 1.807) is 25.1 Å². The van der Waals surface area contributed by atoms with E-state index in [1.807, 2.05) is 13.0 Å². The van der Waals surface area contributed by atoms with Crippen LogP contribution in [0.5, 0.6) is 0 Å². The smallest absolute Gasteiger partial charge is 0.259 e. The number of hydrogen-bond donors (Lipinski definition) is 1. The standard InChI is InChI=1S/C25H23F2N3O2/c1-14-10-17-8-9-30(23-21(26)7-4-15(2)29-23)25(32)20(17)13-18(14)11-16-5-6-19(22(27)12-16)24(31)28-3/h4-7,10,12-13H,8-9,11H2,1-3H3,(H,28,31). The third kappa shape index (κ3) is 3.98. The van der Waals surface area contributed by atoms with Crippen LogP contribution in [0.1, 0.15) is 48.7 Å². The highest BCUT2D eigenvalue weighted by Crippen LogP contribution is 2.29. The number of amides is 2. The third-order valence-electron chi connectivity index (χ3n) is 5.76. The lowest BCUT2D eigenvalue weighted by Gasteiger charge is -2.29. The Hall–Kier alpha value is -3.61. The van der Waals surface area contributed by atoms with E-state index in [4.69, 9.17) is 0 Å². The van der Waals surface area contributed by atoms with E-state index in [0.29, 0.717) is 36.2 Å². The second-order valence-electron chi connectivity index (χ2n) is 7.97. The number of rotatable bonds is 4. The maximum atomic E-state index is 14.4. The first-order valence-corrected chi connectivity index (χ1v) is 10.4. The number of fused-ring (bicyclic) bond motifs is 1. The van der Waals surface area contributed by atoms with Gasteiger partial charge in [-0.15, -0.1) is 0 Å². The Balaban J connectivity index is 1.66. The van der Waals surface area contributed by atoms with Crippen molar-refractivity contribution in [2.75, 3.05) is 18.5 Å². The van der Waals surface area contributed by atoms with E-state index in [9.17, 15) is 18.4 Å². The number of halogens is 2. The molecule has 0 bridgehead atoms. The Labute approximate surface area is 185 Å². The summed E-state index contributed by atoms with van der Waals surface area (Å²) < 4.78 is 28.7. The molecule has 1 aliphatic heterocycles. The van der Waals surface area contributed by atoms with Crippen LogP contribution in [-0.4, -0.2) is 30.4 Å². The van der Waals surface area contributed by atoms with Crippen molar-refractivity contribution in [2.24, 2.45) is 0 Å². The van der Waals surface area contributed by atoms with Gasteiger partial charge in [0.25, 0.3) is 11.8 Å². The molecule has 1 aromatic heterocycles. The number of pyridine rings is 1. The molecule has 2 heterocycles. The summed E-state index contributed by atoms with van der Waals surface area (Å²) in [6.07, 6.45) is 0.987. The molecule has 0 spiro atoms. The van der Waals surface area contributed by atoms with Gasteiger partial charge in [-0.3, -0.25) is 14.5 Å². The van der Waals surface area contributed by atoms with Crippen LogP contribution in [0.3, 0.4) is 0 Å². The van der Waals surface area contributed by atoms with Gasteiger partial charge >= 0.3 is 0 Å². The van der Waals surface area contributed by atoms with Crippen LogP contribution in [0.15, 0.2) is 42.5 Å². The van der Waals surface area contributed by atoms with Crippen molar-refractivity contribution in [3.05, 3.63) is 93.2 Å². The summed E-state index contributed by atoms with van der Waals surface area (Å²) in [6.45, 7) is 4.05. The van der Waals surface area contributed by atoms with Gasteiger partial charge < -0.3 is 5.32 Å². The van der Waals surface area contributed by atoms with Crippen LogP contribution >= 0.6 is 0 Å². The minimum atomic E-state index is -0.597. The molecule has 0 fully saturated rings. The van der Waals surface area contributed by atoms with E-state index < -0.39 is 17.5 Å². The van der Waals surface area contributed by atoms with E-state index in [0.717, 1.165) is 16.7 Å². The molecule has 0 radical (unpaired) electrons. The fraction of sp³-hybridized carbons (Fsp3) is 0.240. The average Bonchev–Trinajstić information content (AvgIpc) is 2.76. The number of nitrogens with one attached hydrogen (secondary N) is 1. The van der Waals surface area contributed by atoms with Crippen molar-refractivity contribution in [3.8, 4) is 0 Å². The predicted octanol–water partition coefficient (Wildman–Crippen LogP) is 4.13. The highest BCUT2D eigenvalue weighted by molar-refractivity contribution is 6.08. The molecule has 2 amide bonds. The molecule has 0 saturated heterocycles. The Bertz CT molecular complexity index is 1240. The molecular weight excluding hydrogens is 412 g/mol. The third-order valence-corrected chi connectivity index (χ3v) is 5.76. The van der Waals surface area contributed by atoms with Crippen molar-refractivity contribution >= 4 is 17.6 Å². The molecule has 2 aromatic carbocycles. The molecule has 0 saturated carbocycles. The first-order chi connectivity index (χ1) is 15.3. The first-order valence-electron chi connectivity index (χ1n) is 10.4. The normalized spacial score (nSPS) is 13.2. The van der Waals surface area contributed by atoms with Gasteiger partial charge in [0.2, 0.25) is 0 Å². The number of hydrogen-bond acceptors (Lipinski definition) is 3. The summed E-state index contributed by atoms with van der Waals surface area (Å²) in [4.78, 5) is 30.5. The second-order valence-corrected chi connectivity index (χ2v) is 7.97. The largest absolute Gasteiger partial charge is 0.355 e. The number of aromatic nitrogens is 1. The van der Waals surface area contributed by atoms with Crippen LogP contribution in [0, 0.1) is 25.5 Å². The lowest BCUT2D eigenvalue weighted by atomic mass is 9.90. The molecule has 5 nitrogen and oxygen atoms in total. The van der Waals surface area contributed by atoms with E-state index in [2.05, 4.69) is 10.3 Å². The Morgan fingerprint density at radius 2 is 1.88 bits per heavy atom. The van der Waals surface area contributed by atoms with Crippen LogP contribution in [-0.2, 0) is 12.8 Å². The summed E-state index contributed by atoms with van der Waals surface area (Å²) >= 11 is 0. The van der Waals surface area contributed by atoms with Gasteiger partial charge in [-0.2, -0.15) is 0 Å². The minimum absolute atomic E-state index is 0.0167. The maximum Gasteiger partial charge on any atom is 0.259 e. The summed E-state index contributed by atoms with van der Waals surface area (Å²) in [5, 5.41) is 2.41. The van der Waals surface area contributed by atoms with Gasteiger partial charge in [0.05, 0.1) is 5.56 Å². The minimum Gasteiger partial charge on any atom is -0.355 e. The summed E-state index contributed by atoms with van der Waals surface area (Å²) in [7, 11) is 1.45. The molecule has 1 N–H and O–H groups in total. The van der Waals surface area contributed by atoms with Gasteiger partial charge in [0.15, 0.2) is 11.6 Å². The van der Waals surface area contributed by atoms with Crippen LogP contribution in [0.25, 0.3) is 0 Å². The van der Waals surface area contributed by atoms with E-state index in [1.165, 1.54) is 30.1 Å². The van der Waals surface area contributed by atoms with E-state index >= 15 is 0 Å². The molecule has 164 valence electrons. The molecule has 0 atom stereocenters. The lowest BCUT2D eigenvalue weighted by molar-refractivity contribution is 0.0956. The number of carbonyl (C=O) groups is 2. The van der Waals surface area contributed by atoms with Gasteiger partial charge in [0.1, 0.15) is 5.82 Å². The van der Waals surface area contributed by atoms with Crippen LogP contribution < -0.4 is 10.2 Å². The van der Waals surface area contributed by atoms with Crippen molar-refractivity contribution in [1.82, 2.24) is 10.3 Å². The first kappa shape index (κ1) is 21.6. The SMILES string of the molecule is CNC(=O)c1ccc(Cc2cc3c(cc2C)CCN(c2nc(C)ccc2F)C3=O)cc1F. The molecule has 3 aromatic rings. The number of nitrogens with zero attached hydrogens (tertiary/aromatic N) is 2. The van der Waals surface area contributed by atoms with Crippen molar-refractivity contribution < 1.29 is 18.4 Å². The Morgan fingerprint density at radius 3 is 2.59 bits per heavy atom. The summed E-state index contributed by atoms with van der Waals surface area (Å²) in [5.74, 6) is -1.88. The van der Waals surface area contributed by atoms with Crippen LogP contribution in [0.4, 0.5) is 14.6 Å². The fourth-order valence-corrected chi connectivity index (χ4v) is 4.01. The van der Waals surface area contributed by atoms with Gasteiger partial charge in [-0.05, 0) is 79.3 Å². The van der Waals surface area contributed by atoms with Crippen molar-refractivity contribution in [2.45, 2.75) is 26.7 Å². The molecular formula is C25H23F2N3O2. The highest BCUT2D eigenvalue weighted by atomic mass is 19.1. The van der Waals surface area contributed by atoms with Crippen molar-refractivity contribution in [3.63, 3.8) is 0 Å². The predicted molar refractivity (Wildman–Crippen MR) is 118 cm³/mol. The summed E-state index contributed by atoms with van der Waals surface area (Å²) in [5.41, 5.74) is 4.56. The highest BCUT2D eigenvalue weighted by Gasteiger charge is 2.29. The lowest BCUT2D eigenvalue weighted by Crippen LogP contribution is -2.39. The number of benzene rings is 2. The van der Waals surface area contributed by atoms with Gasteiger partial charge in [-0.1, -0.05) is 12.1 Å². The fourth-order valence-electron chi connectivity index (χ4n) is 4.01. The monoisotopic (exact) mass is 435 g/mol. The zero-order chi connectivity index (χ0) is 23.0. The molecule has 32 heavy (non-hydrogen) atoms. The van der Waals surface area contributed by atoms with E-state index in [-0.39, 0.29) is 17.3 Å². The van der Waals surface area contributed by atoms with Crippen molar-refractivity contribution in [1.29, 1.82) is 0 Å². The molecule has 4 rings (SSSR count). The van der Waals surface area contributed by atoms with Crippen LogP contribution in [0.2, 0.25) is 0 Å². The molecule has 1 aliphatic rings. The number of carbonyl (C=O) groups excluding carboxylic acids is 2. The molecule has 0 aliphatic carbocycles. The molecule has 7 heteroatoms. The zero-order valence-corrected chi connectivity index (χ0v) is 18.1. The molecule has 0 unspecified atom stereocenters. The average molecular weight is 435 g/mol. The number of anilines is 1. The summed E-state index contributed by atoms with van der Waals surface area (Å²) in [6, 6.07) is 11.1. The quantitative estimate of drug-likeness (QED) is 0.670. The zero-order valence-electron chi connectivity index (χ0n) is 18.1. The Kier molecular flexibility index (Phi) is 5.74. The second kappa shape index (κ2) is 8.49. The Morgan fingerprint density at radius 1 is 1.09 bits per heavy atom. The topological polar surface area (TPSA) is 62.3 Å².